The molecule has 3 heterocycles. The van der Waals surface area contributed by atoms with E-state index in [0.717, 1.165) is 54.2 Å². The quantitative estimate of drug-likeness (QED) is 0.620. The fourth-order valence-electron chi connectivity index (χ4n) is 2.96. The number of nitrogens with zero attached hydrogens (tertiary/aromatic N) is 5. The Morgan fingerprint density at radius 3 is 2.81 bits per heavy atom. The Kier molecular flexibility index (Phi) is 5.90. The van der Waals surface area contributed by atoms with E-state index in [0.29, 0.717) is 18.5 Å². The molecule has 0 aromatic carbocycles. The van der Waals surface area contributed by atoms with E-state index in [2.05, 4.69) is 53.4 Å². The average molecular weight is 376 g/mol. The van der Waals surface area contributed by atoms with Crippen LogP contribution in [0.4, 0.5) is 0 Å². The third-order valence-corrected chi connectivity index (χ3v) is 5.58. The summed E-state index contributed by atoms with van der Waals surface area (Å²) in [7, 11) is 0. The SMILES string of the molecule is CCNC(=NCc1nc(C)c(C)s1)NC1CCc2nc(C(C)C)nn2C1. The summed E-state index contributed by atoms with van der Waals surface area (Å²) < 4.78 is 2.05. The van der Waals surface area contributed by atoms with Crippen LogP contribution in [0.5, 0.6) is 0 Å². The van der Waals surface area contributed by atoms with Crippen LogP contribution in [-0.2, 0) is 19.5 Å². The van der Waals surface area contributed by atoms with Gasteiger partial charge in [-0.3, -0.25) is 0 Å². The number of hydrogen-bond acceptors (Lipinski definition) is 5. The summed E-state index contributed by atoms with van der Waals surface area (Å²) in [6.07, 6.45) is 1.98. The van der Waals surface area contributed by atoms with Gasteiger partial charge in [0.05, 0.1) is 18.8 Å². The van der Waals surface area contributed by atoms with E-state index in [4.69, 9.17) is 4.99 Å². The minimum atomic E-state index is 0.307. The zero-order chi connectivity index (χ0) is 18.7. The number of rotatable bonds is 5. The molecule has 8 heteroatoms. The predicted octanol–water partition coefficient (Wildman–Crippen LogP) is 2.54. The molecule has 0 fully saturated rings. The van der Waals surface area contributed by atoms with E-state index in [1.807, 2.05) is 11.6 Å². The number of hydrogen-bond donors (Lipinski definition) is 2. The van der Waals surface area contributed by atoms with Gasteiger partial charge in [-0.2, -0.15) is 5.10 Å². The highest BCUT2D eigenvalue weighted by atomic mass is 32.1. The average Bonchev–Trinajstić information content (AvgIpc) is 3.16. The molecule has 0 amide bonds. The van der Waals surface area contributed by atoms with E-state index in [9.17, 15) is 0 Å². The second kappa shape index (κ2) is 8.16. The maximum absolute atomic E-state index is 4.72. The van der Waals surface area contributed by atoms with Gasteiger partial charge in [0.25, 0.3) is 0 Å². The van der Waals surface area contributed by atoms with Gasteiger partial charge >= 0.3 is 0 Å². The van der Waals surface area contributed by atoms with Crippen molar-refractivity contribution in [3.8, 4) is 0 Å². The van der Waals surface area contributed by atoms with Gasteiger partial charge in [0.15, 0.2) is 11.8 Å². The highest BCUT2D eigenvalue weighted by Gasteiger charge is 2.23. The third kappa shape index (κ3) is 4.41. The number of aryl methyl sites for hydroxylation is 3. The van der Waals surface area contributed by atoms with Crippen LogP contribution in [0.1, 0.15) is 60.3 Å². The summed E-state index contributed by atoms with van der Waals surface area (Å²) in [4.78, 5) is 15.2. The smallest absolute Gasteiger partial charge is 0.191 e. The molecular weight excluding hydrogens is 346 g/mol. The standard InChI is InChI=1S/C18H29N7S/c1-6-19-18(20-9-16-21-12(4)13(5)26-16)22-14-7-8-15-23-17(11(2)3)24-25(15)10-14/h11,14H,6-10H2,1-5H3,(H2,19,20,22). The Bertz CT molecular complexity index is 755. The van der Waals surface area contributed by atoms with Crippen LogP contribution < -0.4 is 10.6 Å². The highest BCUT2D eigenvalue weighted by molar-refractivity contribution is 7.11. The van der Waals surface area contributed by atoms with Crippen molar-refractivity contribution in [1.29, 1.82) is 0 Å². The molecular formula is C18H29N7S. The van der Waals surface area contributed by atoms with E-state index in [1.54, 1.807) is 11.3 Å². The second-order valence-corrected chi connectivity index (χ2v) is 8.34. The maximum atomic E-state index is 4.72. The van der Waals surface area contributed by atoms with Crippen LogP contribution in [0.3, 0.4) is 0 Å². The first kappa shape index (κ1) is 18.8. The van der Waals surface area contributed by atoms with Crippen molar-refractivity contribution in [3.63, 3.8) is 0 Å². The Hall–Kier alpha value is -1.96. The lowest BCUT2D eigenvalue weighted by molar-refractivity contribution is 0.391. The zero-order valence-corrected chi connectivity index (χ0v) is 17.2. The lowest BCUT2D eigenvalue weighted by atomic mass is 10.1. The van der Waals surface area contributed by atoms with Gasteiger partial charge in [-0.25, -0.2) is 19.6 Å². The van der Waals surface area contributed by atoms with Gasteiger partial charge < -0.3 is 10.6 Å². The van der Waals surface area contributed by atoms with Crippen molar-refractivity contribution in [1.82, 2.24) is 30.4 Å². The largest absolute Gasteiger partial charge is 0.357 e. The van der Waals surface area contributed by atoms with Crippen molar-refractivity contribution in [2.45, 2.75) is 72.5 Å². The number of thiazole rings is 1. The van der Waals surface area contributed by atoms with E-state index in [1.165, 1.54) is 4.88 Å². The maximum Gasteiger partial charge on any atom is 0.191 e. The van der Waals surface area contributed by atoms with Gasteiger partial charge in [0, 0.05) is 29.8 Å². The van der Waals surface area contributed by atoms with Crippen LogP contribution in [0.2, 0.25) is 0 Å². The number of fused-ring (bicyclic) bond motifs is 1. The monoisotopic (exact) mass is 375 g/mol. The predicted molar refractivity (Wildman–Crippen MR) is 106 cm³/mol. The highest BCUT2D eigenvalue weighted by Crippen LogP contribution is 2.18. The first-order valence-corrected chi connectivity index (χ1v) is 10.2. The van der Waals surface area contributed by atoms with E-state index >= 15 is 0 Å². The number of aromatic nitrogens is 4. The Morgan fingerprint density at radius 1 is 1.35 bits per heavy atom. The van der Waals surface area contributed by atoms with Crippen molar-refractivity contribution in [3.05, 3.63) is 27.2 Å². The van der Waals surface area contributed by atoms with Gasteiger partial charge in [0.1, 0.15) is 10.8 Å². The van der Waals surface area contributed by atoms with Crippen LogP contribution in [0.25, 0.3) is 0 Å². The molecule has 1 unspecified atom stereocenters. The molecule has 0 radical (unpaired) electrons. The third-order valence-electron chi connectivity index (χ3n) is 4.52. The summed E-state index contributed by atoms with van der Waals surface area (Å²) in [5.41, 5.74) is 1.10. The zero-order valence-electron chi connectivity index (χ0n) is 16.3. The van der Waals surface area contributed by atoms with Crippen molar-refractivity contribution in [2.75, 3.05) is 6.54 Å². The first-order valence-electron chi connectivity index (χ1n) is 9.37. The fraction of sp³-hybridized carbons (Fsp3) is 0.667. The summed E-state index contributed by atoms with van der Waals surface area (Å²) in [6, 6.07) is 0.307. The van der Waals surface area contributed by atoms with Crippen LogP contribution in [-0.4, -0.2) is 38.3 Å². The molecule has 2 aromatic heterocycles. The molecule has 2 aromatic rings. The van der Waals surface area contributed by atoms with E-state index in [-0.39, 0.29) is 0 Å². The molecule has 2 N–H and O–H groups in total. The van der Waals surface area contributed by atoms with Crippen LogP contribution >= 0.6 is 11.3 Å². The number of nitrogens with one attached hydrogen (secondary N) is 2. The molecule has 0 aliphatic carbocycles. The molecule has 3 rings (SSSR count). The number of guanidine groups is 1. The molecule has 26 heavy (non-hydrogen) atoms. The molecule has 0 saturated heterocycles. The molecule has 142 valence electrons. The van der Waals surface area contributed by atoms with Crippen molar-refractivity contribution >= 4 is 17.3 Å². The lowest BCUT2D eigenvalue weighted by Gasteiger charge is -2.25. The minimum absolute atomic E-state index is 0.307. The van der Waals surface area contributed by atoms with Gasteiger partial charge in [-0.15, -0.1) is 11.3 Å². The summed E-state index contributed by atoms with van der Waals surface area (Å²) in [6.45, 7) is 12.8. The molecule has 0 saturated carbocycles. The summed E-state index contributed by atoms with van der Waals surface area (Å²) in [5.74, 6) is 3.25. The summed E-state index contributed by atoms with van der Waals surface area (Å²) >= 11 is 1.72. The molecule has 1 atom stereocenters. The van der Waals surface area contributed by atoms with Gasteiger partial charge in [0.2, 0.25) is 0 Å². The van der Waals surface area contributed by atoms with Gasteiger partial charge in [-0.05, 0) is 27.2 Å². The Morgan fingerprint density at radius 2 is 2.15 bits per heavy atom. The minimum Gasteiger partial charge on any atom is -0.357 e. The molecule has 1 aliphatic rings. The fourth-order valence-corrected chi connectivity index (χ4v) is 3.82. The summed E-state index contributed by atoms with van der Waals surface area (Å²) in [5, 5.41) is 12.6. The Labute approximate surface area is 159 Å². The second-order valence-electron chi connectivity index (χ2n) is 7.05. The molecule has 0 bridgehead atoms. The molecule has 1 aliphatic heterocycles. The van der Waals surface area contributed by atoms with E-state index < -0.39 is 0 Å². The molecule has 7 nitrogen and oxygen atoms in total. The number of aliphatic imine (C=N–C) groups is 1. The van der Waals surface area contributed by atoms with Crippen LogP contribution in [0.15, 0.2) is 4.99 Å². The van der Waals surface area contributed by atoms with Crippen molar-refractivity contribution in [2.24, 2.45) is 4.99 Å². The molecule has 0 spiro atoms. The van der Waals surface area contributed by atoms with Gasteiger partial charge in [-0.1, -0.05) is 13.8 Å². The van der Waals surface area contributed by atoms with Crippen molar-refractivity contribution < 1.29 is 0 Å². The lowest BCUT2D eigenvalue weighted by Crippen LogP contribution is -2.47. The normalized spacial score (nSPS) is 17.5. The topological polar surface area (TPSA) is 80.0 Å². The first-order chi connectivity index (χ1) is 12.5. The Balaban J connectivity index is 1.65. The van der Waals surface area contributed by atoms with Crippen LogP contribution in [0, 0.1) is 13.8 Å².